The number of benzene rings is 9. The first-order chi connectivity index (χ1) is 24.8. The third-order valence-corrected chi connectivity index (χ3v) is 11.3. The third-order valence-electron chi connectivity index (χ3n) is 10.0. The molecule has 10 rings (SSSR count). The standard InChI is InChI=1S/C48H31NS/c1-2-10-38(11-3-1)49(40-29-25-34(26-30-40)42-14-8-15-44-43-13-6-7-16-46(43)50-48(42)44)39-27-23-32(24-28-39)37-22-19-35-18-21-36-20-17-33-9-4-5-12-41(33)47(36)45(35)31-37/h1-31H. The summed E-state index contributed by atoms with van der Waals surface area (Å²) in [4.78, 5) is 2.34. The zero-order valence-corrected chi connectivity index (χ0v) is 28.1. The summed E-state index contributed by atoms with van der Waals surface area (Å²) >= 11 is 1.88. The Hall–Kier alpha value is -6.22. The van der Waals surface area contributed by atoms with Crippen LogP contribution in [0.1, 0.15) is 0 Å². The number of thiophene rings is 1. The molecule has 2 heteroatoms. The van der Waals surface area contributed by atoms with Crippen molar-refractivity contribution in [1.82, 2.24) is 0 Å². The van der Waals surface area contributed by atoms with Crippen LogP contribution in [0.2, 0.25) is 0 Å². The van der Waals surface area contributed by atoms with Gasteiger partial charge in [-0.3, -0.25) is 0 Å². The fourth-order valence-electron chi connectivity index (χ4n) is 7.60. The van der Waals surface area contributed by atoms with E-state index in [9.17, 15) is 0 Å². The predicted octanol–water partition coefficient (Wildman–Crippen LogP) is 14.3. The van der Waals surface area contributed by atoms with Crippen LogP contribution in [0.5, 0.6) is 0 Å². The molecule has 0 aliphatic carbocycles. The van der Waals surface area contributed by atoms with E-state index in [1.807, 2.05) is 11.3 Å². The summed E-state index contributed by atoms with van der Waals surface area (Å²) < 4.78 is 2.67. The van der Waals surface area contributed by atoms with Crippen molar-refractivity contribution in [2.24, 2.45) is 0 Å². The van der Waals surface area contributed by atoms with E-state index in [2.05, 4.69) is 193 Å². The molecule has 1 nitrogen and oxygen atoms in total. The normalized spacial score (nSPS) is 11.6. The van der Waals surface area contributed by atoms with Gasteiger partial charge in [-0.1, -0.05) is 140 Å². The molecule has 0 saturated carbocycles. The molecule has 234 valence electrons. The molecule has 0 bridgehead atoms. The average Bonchev–Trinajstić information content (AvgIpc) is 3.58. The Morgan fingerprint density at radius 1 is 0.340 bits per heavy atom. The predicted molar refractivity (Wildman–Crippen MR) is 217 cm³/mol. The van der Waals surface area contributed by atoms with Gasteiger partial charge >= 0.3 is 0 Å². The molecule has 0 fully saturated rings. The van der Waals surface area contributed by atoms with Crippen LogP contribution in [0, 0.1) is 0 Å². The Kier molecular flexibility index (Phi) is 6.75. The molecule has 0 radical (unpaired) electrons. The largest absolute Gasteiger partial charge is 0.311 e. The topological polar surface area (TPSA) is 3.24 Å². The highest BCUT2D eigenvalue weighted by atomic mass is 32.1. The molecular formula is C48H31NS. The van der Waals surface area contributed by atoms with Crippen LogP contribution in [-0.2, 0) is 0 Å². The van der Waals surface area contributed by atoms with Crippen LogP contribution in [-0.4, -0.2) is 0 Å². The first kappa shape index (κ1) is 28.8. The van der Waals surface area contributed by atoms with E-state index in [-0.39, 0.29) is 0 Å². The highest BCUT2D eigenvalue weighted by molar-refractivity contribution is 7.26. The molecule has 1 heterocycles. The van der Waals surface area contributed by atoms with Crippen molar-refractivity contribution in [3.05, 3.63) is 188 Å². The number of fused-ring (bicyclic) bond motifs is 8. The lowest BCUT2D eigenvalue weighted by Gasteiger charge is -2.26. The maximum atomic E-state index is 2.37. The Bertz CT molecular complexity index is 2840. The van der Waals surface area contributed by atoms with E-state index >= 15 is 0 Å². The Morgan fingerprint density at radius 2 is 0.900 bits per heavy atom. The molecule has 0 amide bonds. The van der Waals surface area contributed by atoms with Gasteiger partial charge in [-0.15, -0.1) is 11.3 Å². The first-order valence-electron chi connectivity index (χ1n) is 17.1. The van der Waals surface area contributed by atoms with Gasteiger partial charge in [0.2, 0.25) is 0 Å². The van der Waals surface area contributed by atoms with Crippen molar-refractivity contribution in [3.63, 3.8) is 0 Å². The van der Waals surface area contributed by atoms with Gasteiger partial charge < -0.3 is 4.90 Å². The lowest BCUT2D eigenvalue weighted by molar-refractivity contribution is 1.28. The molecule has 0 spiro atoms. The molecular weight excluding hydrogens is 623 g/mol. The summed E-state index contributed by atoms with van der Waals surface area (Å²) in [6.45, 7) is 0. The van der Waals surface area contributed by atoms with Crippen molar-refractivity contribution >= 4 is 80.9 Å². The fourth-order valence-corrected chi connectivity index (χ4v) is 8.84. The zero-order chi connectivity index (χ0) is 33.0. The number of rotatable bonds is 5. The van der Waals surface area contributed by atoms with E-state index in [0.29, 0.717) is 0 Å². The first-order valence-corrected chi connectivity index (χ1v) is 17.9. The number of hydrogen-bond donors (Lipinski definition) is 0. The molecule has 0 saturated heterocycles. The summed E-state index contributed by atoms with van der Waals surface area (Å²) in [5.41, 5.74) is 8.30. The van der Waals surface area contributed by atoms with Crippen molar-refractivity contribution < 1.29 is 0 Å². The van der Waals surface area contributed by atoms with Gasteiger partial charge in [-0.2, -0.15) is 0 Å². The van der Waals surface area contributed by atoms with Crippen molar-refractivity contribution in [2.75, 3.05) is 4.90 Å². The SMILES string of the molecule is c1ccc(N(c2ccc(-c3ccc4ccc5ccc6ccccc6c5c4c3)cc2)c2ccc(-c3cccc4c3sc3ccccc34)cc2)cc1. The lowest BCUT2D eigenvalue weighted by Crippen LogP contribution is -2.09. The summed E-state index contributed by atoms with van der Waals surface area (Å²) in [7, 11) is 0. The molecule has 9 aromatic carbocycles. The average molecular weight is 654 g/mol. The number of nitrogens with zero attached hydrogens (tertiary/aromatic N) is 1. The van der Waals surface area contributed by atoms with Crippen LogP contribution in [0.25, 0.3) is 74.7 Å². The lowest BCUT2D eigenvalue weighted by atomic mass is 9.94. The van der Waals surface area contributed by atoms with Crippen LogP contribution in [0.3, 0.4) is 0 Å². The minimum absolute atomic E-state index is 1.12. The Balaban J connectivity index is 1.03. The second-order valence-electron chi connectivity index (χ2n) is 12.9. The van der Waals surface area contributed by atoms with E-state index < -0.39 is 0 Å². The highest BCUT2D eigenvalue weighted by Crippen LogP contribution is 2.42. The van der Waals surface area contributed by atoms with Gasteiger partial charge in [0.25, 0.3) is 0 Å². The molecule has 0 aliphatic rings. The maximum absolute atomic E-state index is 2.37. The highest BCUT2D eigenvalue weighted by Gasteiger charge is 2.15. The fraction of sp³-hybridized carbons (Fsp3) is 0. The monoisotopic (exact) mass is 653 g/mol. The van der Waals surface area contributed by atoms with E-state index in [4.69, 9.17) is 0 Å². The third kappa shape index (κ3) is 4.76. The van der Waals surface area contributed by atoms with E-state index in [1.54, 1.807) is 0 Å². The molecule has 0 aliphatic heterocycles. The minimum atomic E-state index is 1.12. The summed E-state index contributed by atoms with van der Waals surface area (Å²) in [5.74, 6) is 0. The van der Waals surface area contributed by atoms with Crippen molar-refractivity contribution in [2.45, 2.75) is 0 Å². The summed E-state index contributed by atoms with van der Waals surface area (Å²) in [5, 5.41) is 10.4. The van der Waals surface area contributed by atoms with Crippen molar-refractivity contribution in [3.8, 4) is 22.3 Å². The number of hydrogen-bond acceptors (Lipinski definition) is 2. The summed E-state index contributed by atoms with van der Waals surface area (Å²) in [6, 6.07) is 68.6. The van der Waals surface area contributed by atoms with Gasteiger partial charge in [-0.05, 0) is 103 Å². The molecule has 0 atom stereocenters. The van der Waals surface area contributed by atoms with Crippen molar-refractivity contribution in [1.29, 1.82) is 0 Å². The van der Waals surface area contributed by atoms with Crippen LogP contribution in [0.15, 0.2) is 188 Å². The van der Waals surface area contributed by atoms with Gasteiger partial charge in [0.15, 0.2) is 0 Å². The van der Waals surface area contributed by atoms with Crippen LogP contribution in [0.4, 0.5) is 17.1 Å². The quantitative estimate of drug-likeness (QED) is 0.167. The van der Waals surface area contributed by atoms with Crippen LogP contribution >= 0.6 is 11.3 Å². The van der Waals surface area contributed by atoms with E-state index in [1.165, 1.54) is 74.7 Å². The molecule has 50 heavy (non-hydrogen) atoms. The molecule has 0 N–H and O–H groups in total. The molecule has 1 aromatic heterocycles. The minimum Gasteiger partial charge on any atom is -0.311 e. The maximum Gasteiger partial charge on any atom is 0.0462 e. The molecule has 10 aromatic rings. The van der Waals surface area contributed by atoms with Gasteiger partial charge in [0, 0.05) is 37.2 Å². The summed E-state index contributed by atoms with van der Waals surface area (Å²) in [6.07, 6.45) is 0. The number of anilines is 3. The second-order valence-corrected chi connectivity index (χ2v) is 14.0. The molecule has 0 unspecified atom stereocenters. The Labute approximate surface area is 294 Å². The van der Waals surface area contributed by atoms with Crippen LogP contribution < -0.4 is 4.90 Å². The van der Waals surface area contributed by atoms with Gasteiger partial charge in [-0.25, -0.2) is 0 Å². The Morgan fingerprint density at radius 3 is 1.68 bits per heavy atom. The van der Waals surface area contributed by atoms with Gasteiger partial charge in [0.05, 0.1) is 0 Å². The number of para-hydroxylation sites is 1. The van der Waals surface area contributed by atoms with E-state index in [0.717, 1.165) is 17.1 Å². The van der Waals surface area contributed by atoms with Gasteiger partial charge in [0.1, 0.15) is 0 Å². The zero-order valence-electron chi connectivity index (χ0n) is 27.3. The second kappa shape index (κ2) is 11.7. The smallest absolute Gasteiger partial charge is 0.0462 e.